The van der Waals surface area contributed by atoms with Gasteiger partial charge in [-0.05, 0) is 53.6 Å². The molecule has 0 spiro atoms. The van der Waals surface area contributed by atoms with Crippen LogP contribution in [0.25, 0.3) is 10.9 Å². The van der Waals surface area contributed by atoms with E-state index >= 15 is 0 Å². The zero-order chi connectivity index (χ0) is 38.1. The molecule has 1 aromatic heterocycles. The van der Waals surface area contributed by atoms with Gasteiger partial charge in [0, 0.05) is 31.6 Å². The summed E-state index contributed by atoms with van der Waals surface area (Å²) in [7, 11) is -4.07. The number of carbonyl (C=O) groups is 2. The van der Waals surface area contributed by atoms with Crippen molar-refractivity contribution in [3.8, 4) is 0 Å². The number of carbonyl (C=O) groups excluding carboxylic acids is 2. The summed E-state index contributed by atoms with van der Waals surface area (Å²) in [6.45, 7) is 8.63. The molecule has 53 heavy (non-hydrogen) atoms. The second kappa shape index (κ2) is 17.8. The predicted molar refractivity (Wildman–Crippen MR) is 205 cm³/mol. The number of pyridine rings is 1. The highest BCUT2D eigenvalue weighted by atomic mass is 32.2. The van der Waals surface area contributed by atoms with Crippen LogP contribution in [0.15, 0.2) is 101 Å². The zero-order valence-corrected chi connectivity index (χ0v) is 31.6. The number of urea groups is 1. The highest BCUT2D eigenvalue weighted by Gasteiger charge is 2.41. The van der Waals surface area contributed by atoms with Crippen molar-refractivity contribution in [2.24, 2.45) is 17.0 Å². The Kier molecular flexibility index (Phi) is 13.2. The van der Waals surface area contributed by atoms with E-state index in [0.29, 0.717) is 31.6 Å². The summed E-state index contributed by atoms with van der Waals surface area (Å²) in [5.41, 5.74) is 2.97. The number of amides is 3. The van der Waals surface area contributed by atoms with E-state index in [1.165, 1.54) is 34.8 Å². The monoisotopic (exact) mass is 742 g/mol. The van der Waals surface area contributed by atoms with Crippen LogP contribution in [0.5, 0.6) is 0 Å². The number of aliphatic hydroxyl groups is 1. The molecule has 1 aliphatic rings. The molecule has 282 valence electrons. The summed E-state index contributed by atoms with van der Waals surface area (Å²) in [5, 5.41) is 27.8. The smallest absolute Gasteiger partial charge is 0.321 e. The lowest BCUT2D eigenvalue weighted by atomic mass is 9.95. The molecule has 1 aliphatic heterocycles. The fourth-order valence-corrected chi connectivity index (χ4v) is 8.32. The van der Waals surface area contributed by atoms with Crippen LogP contribution in [0.2, 0.25) is 0 Å². The van der Waals surface area contributed by atoms with Crippen molar-refractivity contribution in [1.29, 1.82) is 0 Å². The minimum atomic E-state index is -4.07. The van der Waals surface area contributed by atoms with Crippen molar-refractivity contribution in [2.45, 2.75) is 70.2 Å². The fraction of sp³-hybridized carbons (Fsp3) is 0.400. The first-order chi connectivity index (χ1) is 25.4. The molecule has 0 saturated carbocycles. The number of benzene rings is 3. The zero-order valence-electron chi connectivity index (χ0n) is 30.7. The Morgan fingerprint density at radius 2 is 1.66 bits per heavy atom. The number of oxime groups is 1. The van der Waals surface area contributed by atoms with Gasteiger partial charge in [-0.3, -0.25) is 9.78 Å². The Morgan fingerprint density at radius 1 is 0.962 bits per heavy atom. The summed E-state index contributed by atoms with van der Waals surface area (Å²) in [4.78, 5) is 36.3. The lowest BCUT2D eigenvalue weighted by Crippen LogP contribution is -2.57. The highest BCUT2D eigenvalue weighted by Crippen LogP contribution is 2.24. The number of hydrogen-bond acceptors (Lipinski definition) is 8. The van der Waals surface area contributed by atoms with Crippen LogP contribution in [-0.2, 0) is 27.8 Å². The first kappa shape index (κ1) is 39.4. The Morgan fingerprint density at radius 3 is 2.34 bits per heavy atom. The van der Waals surface area contributed by atoms with E-state index in [1.54, 1.807) is 9.80 Å². The number of nitrogens with zero attached hydrogens (tertiary/aromatic N) is 5. The molecule has 3 N–H and O–H groups in total. The quantitative estimate of drug-likeness (QED) is 0.0770. The van der Waals surface area contributed by atoms with Crippen LogP contribution in [0.3, 0.4) is 0 Å². The molecule has 4 aromatic rings. The van der Waals surface area contributed by atoms with Crippen LogP contribution in [-0.4, -0.2) is 100 Å². The molecule has 0 aliphatic carbocycles. The average Bonchev–Trinajstić information content (AvgIpc) is 3.49. The number of hydrogen-bond donors (Lipinski definition) is 3. The standard InChI is InChI=1S/C40H50N6O6S/c1-5-29(4)38(46-22-21-44(40(46)49)26-33-18-17-32-13-9-10-14-35(32)42-33)39(48)43-36(23-30-11-7-6-8-12-30)37(47)27-45(25-28(2)3)53(51,52)34-19-15-31(16-20-34)24-41-50/h6-20,24,28-29,36-38,47,50H,5,21-23,25-27H2,1-4H3,(H,43,48)/t29-,36-,37+,38-/m0/s1. The normalized spacial score (nSPS) is 16.1. The first-order valence-corrected chi connectivity index (χ1v) is 19.6. The van der Waals surface area contributed by atoms with E-state index in [1.807, 2.05) is 94.4 Å². The molecule has 13 heteroatoms. The van der Waals surface area contributed by atoms with Gasteiger partial charge < -0.3 is 25.4 Å². The largest absolute Gasteiger partial charge is 0.411 e. The number of rotatable bonds is 17. The summed E-state index contributed by atoms with van der Waals surface area (Å²) in [5.74, 6) is -0.676. The molecular weight excluding hydrogens is 693 g/mol. The molecule has 1 saturated heterocycles. The fourth-order valence-electron chi connectivity index (χ4n) is 6.70. The topological polar surface area (TPSA) is 156 Å². The second-order valence-corrected chi connectivity index (χ2v) is 16.1. The van der Waals surface area contributed by atoms with Gasteiger partial charge in [-0.2, -0.15) is 4.31 Å². The van der Waals surface area contributed by atoms with Gasteiger partial charge in [-0.15, -0.1) is 0 Å². The maximum atomic E-state index is 14.4. The SMILES string of the molecule is CC[C@H](C)[C@@H](C(=O)N[C@@H](Cc1ccccc1)[C@H](O)CN(CC(C)C)S(=O)(=O)c1ccc(C=NO)cc1)N1CCN(Cc2ccc3ccccc3n2)C1=O. The molecule has 2 heterocycles. The molecule has 0 radical (unpaired) electrons. The Labute approximate surface area is 312 Å². The van der Waals surface area contributed by atoms with Gasteiger partial charge in [-0.25, -0.2) is 13.2 Å². The second-order valence-electron chi connectivity index (χ2n) is 14.1. The van der Waals surface area contributed by atoms with Crippen LogP contribution >= 0.6 is 0 Å². The molecule has 0 bridgehead atoms. The summed E-state index contributed by atoms with van der Waals surface area (Å²) >= 11 is 0. The minimum Gasteiger partial charge on any atom is -0.411 e. The number of para-hydroxylation sites is 1. The summed E-state index contributed by atoms with van der Waals surface area (Å²) in [6, 6.07) is 25.1. The van der Waals surface area contributed by atoms with Crippen LogP contribution in [0.4, 0.5) is 4.79 Å². The minimum absolute atomic E-state index is 0.0249. The van der Waals surface area contributed by atoms with Crippen LogP contribution in [0.1, 0.15) is 50.9 Å². The third-order valence-corrected chi connectivity index (χ3v) is 11.5. The maximum absolute atomic E-state index is 14.4. The van der Waals surface area contributed by atoms with E-state index < -0.39 is 34.1 Å². The van der Waals surface area contributed by atoms with E-state index in [-0.39, 0.29) is 42.3 Å². The van der Waals surface area contributed by atoms with Crippen LogP contribution < -0.4 is 5.32 Å². The van der Waals surface area contributed by atoms with Crippen molar-refractivity contribution in [1.82, 2.24) is 24.4 Å². The van der Waals surface area contributed by atoms with Crippen LogP contribution in [0, 0.1) is 11.8 Å². The number of aliphatic hydroxyl groups excluding tert-OH is 1. The Bertz CT molecular complexity index is 1970. The van der Waals surface area contributed by atoms with E-state index in [0.717, 1.165) is 22.2 Å². The van der Waals surface area contributed by atoms with E-state index in [4.69, 9.17) is 10.2 Å². The molecular formula is C40H50N6O6S. The average molecular weight is 743 g/mol. The summed E-state index contributed by atoms with van der Waals surface area (Å²) in [6.07, 6.45) is 0.768. The lowest BCUT2D eigenvalue weighted by molar-refractivity contribution is -0.128. The van der Waals surface area contributed by atoms with Crippen molar-refractivity contribution >= 4 is 39.1 Å². The van der Waals surface area contributed by atoms with Gasteiger partial charge >= 0.3 is 6.03 Å². The first-order valence-electron chi connectivity index (χ1n) is 18.1. The van der Waals surface area contributed by atoms with Crippen molar-refractivity contribution < 1.29 is 28.3 Å². The van der Waals surface area contributed by atoms with Crippen molar-refractivity contribution in [3.63, 3.8) is 0 Å². The summed E-state index contributed by atoms with van der Waals surface area (Å²) < 4.78 is 29.1. The molecule has 12 nitrogen and oxygen atoms in total. The third-order valence-electron chi connectivity index (χ3n) is 9.70. The van der Waals surface area contributed by atoms with Gasteiger partial charge in [0.15, 0.2) is 0 Å². The lowest BCUT2D eigenvalue weighted by Gasteiger charge is -2.35. The molecule has 3 amide bonds. The number of sulfonamides is 1. The molecule has 4 atom stereocenters. The van der Waals surface area contributed by atoms with Gasteiger partial charge in [0.25, 0.3) is 0 Å². The number of nitrogens with one attached hydrogen (secondary N) is 1. The van der Waals surface area contributed by atoms with Crippen molar-refractivity contribution in [3.05, 3.63) is 108 Å². The molecule has 1 fully saturated rings. The third kappa shape index (κ3) is 9.78. The predicted octanol–water partition coefficient (Wildman–Crippen LogP) is 5.13. The molecule has 0 unspecified atom stereocenters. The van der Waals surface area contributed by atoms with Gasteiger partial charge in [0.1, 0.15) is 6.04 Å². The molecule has 5 rings (SSSR count). The van der Waals surface area contributed by atoms with E-state index in [9.17, 15) is 23.1 Å². The van der Waals surface area contributed by atoms with E-state index in [2.05, 4.69) is 10.5 Å². The number of fused-ring (bicyclic) bond motifs is 1. The number of aromatic nitrogens is 1. The Balaban J connectivity index is 1.37. The maximum Gasteiger partial charge on any atom is 0.321 e. The van der Waals surface area contributed by atoms with Gasteiger partial charge in [-0.1, -0.05) is 106 Å². The highest BCUT2D eigenvalue weighted by molar-refractivity contribution is 7.89. The van der Waals surface area contributed by atoms with Gasteiger partial charge in [0.05, 0.1) is 41.0 Å². The molecule has 3 aromatic carbocycles. The van der Waals surface area contributed by atoms with Gasteiger partial charge in [0.2, 0.25) is 15.9 Å². The Hall–Kier alpha value is -4.85. The van der Waals surface area contributed by atoms with Crippen molar-refractivity contribution in [2.75, 3.05) is 26.2 Å².